The van der Waals surface area contributed by atoms with Crippen LogP contribution in [-0.4, -0.2) is 17.6 Å². The highest BCUT2D eigenvalue weighted by atomic mass is 16.4. The number of carbonyl (C=O) groups is 1. The molecule has 0 bridgehead atoms. The van der Waals surface area contributed by atoms with E-state index in [4.69, 9.17) is 15.9 Å². The van der Waals surface area contributed by atoms with E-state index < -0.39 is 5.97 Å². The van der Waals surface area contributed by atoms with Crippen molar-refractivity contribution in [3.05, 3.63) is 23.7 Å². The molecule has 0 aliphatic rings. The summed E-state index contributed by atoms with van der Waals surface area (Å²) >= 11 is 0. The molecule has 1 aromatic heterocycles. The standard InChI is InChI=1S/C9H9NO3/c1-2-3-10-5-8-4-7(6-13-8)9(11)12/h1,4,6,10H,3,5H2,(H,11,12). The predicted octanol–water partition coefficient (Wildman–Crippen LogP) is 0.701. The largest absolute Gasteiger partial charge is 0.478 e. The van der Waals surface area contributed by atoms with Crippen LogP contribution in [0.25, 0.3) is 0 Å². The summed E-state index contributed by atoms with van der Waals surface area (Å²) in [5.74, 6) is 1.97. The van der Waals surface area contributed by atoms with Crippen LogP contribution in [0.4, 0.5) is 0 Å². The van der Waals surface area contributed by atoms with E-state index in [1.807, 2.05) is 0 Å². The molecule has 0 amide bonds. The first-order valence-electron chi connectivity index (χ1n) is 3.69. The smallest absolute Gasteiger partial charge is 0.338 e. The van der Waals surface area contributed by atoms with E-state index in [1.165, 1.54) is 12.3 Å². The lowest BCUT2D eigenvalue weighted by atomic mass is 10.3. The Morgan fingerprint density at radius 3 is 3.08 bits per heavy atom. The number of nitrogens with one attached hydrogen (secondary N) is 1. The highest BCUT2D eigenvalue weighted by Crippen LogP contribution is 2.06. The molecule has 0 aliphatic carbocycles. The summed E-state index contributed by atoms with van der Waals surface area (Å²) in [6.45, 7) is 0.876. The van der Waals surface area contributed by atoms with Crippen LogP contribution in [0.3, 0.4) is 0 Å². The number of aromatic carboxylic acids is 1. The lowest BCUT2D eigenvalue weighted by Gasteiger charge is -1.94. The van der Waals surface area contributed by atoms with Crippen molar-refractivity contribution in [2.24, 2.45) is 0 Å². The van der Waals surface area contributed by atoms with Crippen molar-refractivity contribution in [2.75, 3.05) is 6.54 Å². The monoisotopic (exact) mass is 179 g/mol. The average molecular weight is 179 g/mol. The molecule has 4 heteroatoms. The molecule has 1 heterocycles. The fourth-order valence-corrected chi connectivity index (χ4v) is 0.843. The molecule has 0 aliphatic heterocycles. The molecule has 0 atom stereocenters. The Kier molecular flexibility index (Phi) is 3.12. The van der Waals surface area contributed by atoms with E-state index in [1.54, 1.807) is 0 Å². The Labute approximate surface area is 75.6 Å². The zero-order chi connectivity index (χ0) is 9.68. The van der Waals surface area contributed by atoms with Gasteiger partial charge in [0, 0.05) is 0 Å². The van der Waals surface area contributed by atoms with E-state index in [2.05, 4.69) is 11.2 Å². The summed E-state index contributed by atoms with van der Waals surface area (Å²) in [6, 6.07) is 1.46. The number of hydrogen-bond donors (Lipinski definition) is 2. The van der Waals surface area contributed by atoms with Crippen LogP contribution in [0.1, 0.15) is 16.1 Å². The predicted molar refractivity (Wildman–Crippen MR) is 46.2 cm³/mol. The van der Waals surface area contributed by atoms with Crippen molar-refractivity contribution in [1.29, 1.82) is 0 Å². The lowest BCUT2D eigenvalue weighted by Crippen LogP contribution is -2.12. The highest BCUT2D eigenvalue weighted by Gasteiger charge is 2.06. The quantitative estimate of drug-likeness (QED) is 0.527. The van der Waals surface area contributed by atoms with Crippen LogP contribution >= 0.6 is 0 Å². The summed E-state index contributed by atoms with van der Waals surface area (Å²) in [5, 5.41) is 11.4. The number of furan rings is 1. The Morgan fingerprint density at radius 1 is 1.77 bits per heavy atom. The summed E-state index contributed by atoms with van der Waals surface area (Å²) < 4.78 is 4.96. The molecule has 0 radical (unpaired) electrons. The van der Waals surface area contributed by atoms with Gasteiger partial charge in [-0.3, -0.25) is 5.32 Å². The van der Waals surface area contributed by atoms with Crippen molar-refractivity contribution < 1.29 is 14.3 Å². The summed E-state index contributed by atoms with van der Waals surface area (Å²) in [7, 11) is 0. The Balaban J connectivity index is 2.50. The minimum absolute atomic E-state index is 0.150. The fraction of sp³-hybridized carbons (Fsp3) is 0.222. The first kappa shape index (κ1) is 9.36. The van der Waals surface area contributed by atoms with Gasteiger partial charge in [-0.05, 0) is 6.07 Å². The summed E-state index contributed by atoms with van der Waals surface area (Å²) in [5.41, 5.74) is 0.150. The zero-order valence-corrected chi connectivity index (χ0v) is 6.91. The van der Waals surface area contributed by atoms with Crippen LogP contribution < -0.4 is 5.32 Å². The van der Waals surface area contributed by atoms with Gasteiger partial charge in [-0.2, -0.15) is 0 Å². The van der Waals surface area contributed by atoms with Gasteiger partial charge in [0.25, 0.3) is 0 Å². The van der Waals surface area contributed by atoms with Gasteiger partial charge in [-0.25, -0.2) is 4.79 Å². The average Bonchev–Trinajstić information content (AvgIpc) is 2.53. The van der Waals surface area contributed by atoms with Crippen LogP contribution in [0, 0.1) is 12.3 Å². The molecule has 0 spiro atoms. The van der Waals surface area contributed by atoms with E-state index in [0.717, 1.165) is 0 Å². The SMILES string of the molecule is C#CCNCc1cc(C(=O)O)co1. The summed E-state index contributed by atoms with van der Waals surface area (Å²) in [6.07, 6.45) is 6.21. The number of carboxylic acids is 1. The van der Waals surface area contributed by atoms with Gasteiger partial charge in [0.15, 0.2) is 0 Å². The molecule has 0 saturated carbocycles. The lowest BCUT2D eigenvalue weighted by molar-refractivity contribution is 0.0696. The minimum atomic E-state index is -0.994. The van der Waals surface area contributed by atoms with Crippen molar-refractivity contribution in [3.63, 3.8) is 0 Å². The maximum Gasteiger partial charge on any atom is 0.338 e. The van der Waals surface area contributed by atoms with Gasteiger partial charge in [-0.1, -0.05) is 5.92 Å². The molecule has 68 valence electrons. The molecule has 0 fully saturated rings. The maximum absolute atomic E-state index is 10.4. The van der Waals surface area contributed by atoms with Gasteiger partial charge < -0.3 is 9.52 Å². The van der Waals surface area contributed by atoms with Crippen LogP contribution in [0.5, 0.6) is 0 Å². The number of hydrogen-bond acceptors (Lipinski definition) is 3. The third kappa shape index (κ3) is 2.65. The molecule has 13 heavy (non-hydrogen) atoms. The molecule has 4 nitrogen and oxygen atoms in total. The molecule has 0 unspecified atom stereocenters. The second-order valence-corrected chi connectivity index (χ2v) is 2.41. The molecule has 1 rings (SSSR count). The van der Waals surface area contributed by atoms with E-state index in [0.29, 0.717) is 18.8 Å². The van der Waals surface area contributed by atoms with Crippen molar-refractivity contribution in [1.82, 2.24) is 5.32 Å². The molecule has 0 saturated heterocycles. The third-order valence-electron chi connectivity index (χ3n) is 1.43. The van der Waals surface area contributed by atoms with Crippen LogP contribution in [0.2, 0.25) is 0 Å². The number of terminal acetylenes is 1. The zero-order valence-electron chi connectivity index (χ0n) is 6.91. The van der Waals surface area contributed by atoms with Crippen LogP contribution in [0.15, 0.2) is 16.7 Å². The normalized spacial score (nSPS) is 9.46. The second kappa shape index (κ2) is 4.33. The molecular formula is C9H9NO3. The molecular weight excluding hydrogens is 170 g/mol. The number of carboxylic acid groups (broad SMARTS) is 1. The van der Waals surface area contributed by atoms with Gasteiger partial charge in [0.2, 0.25) is 0 Å². The Bertz CT molecular complexity index is 335. The van der Waals surface area contributed by atoms with Crippen molar-refractivity contribution >= 4 is 5.97 Å². The van der Waals surface area contributed by atoms with Gasteiger partial charge in [0.05, 0.1) is 18.7 Å². The molecule has 1 aromatic rings. The second-order valence-electron chi connectivity index (χ2n) is 2.41. The topological polar surface area (TPSA) is 62.5 Å². The highest BCUT2D eigenvalue weighted by molar-refractivity contribution is 5.87. The van der Waals surface area contributed by atoms with Gasteiger partial charge in [-0.15, -0.1) is 6.42 Å². The summed E-state index contributed by atoms with van der Waals surface area (Å²) in [4.78, 5) is 10.4. The van der Waals surface area contributed by atoms with Crippen molar-refractivity contribution in [3.8, 4) is 12.3 Å². The van der Waals surface area contributed by atoms with E-state index in [-0.39, 0.29) is 5.56 Å². The van der Waals surface area contributed by atoms with Crippen molar-refractivity contribution in [2.45, 2.75) is 6.54 Å². The fourth-order valence-electron chi connectivity index (χ4n) is 0.843. The maximum atomic E-state index is 10.4. The first-order valence-corrected chi connectivity index (χ1v) is 3.69. The Morgan fingerprint density at radius 2 is 2.54 bits per heavy atom. The van der Waals surface area contributed by atoms with E-state index >= 15 is 0 Å². The molecule has 0 aromatic carbocycles. The Hall–Kier alpha value is -1.73. The first-order chi connectivity index (χ1) is 6.24. The van der Waals surface area contributed by atoms with Crippen LogP contribution in [-0.2, 0) is 6.54 Å². The third-order valence-corrected chi connectivity index (χ3v) is 1.43. The van der Waals surface area contributed by atoms with Gasteiger partial charge in [0.1, 0.15) is 12.0 Å². The number of rotatable bonds is 4. The van der Waals surface area contributed by atoms with E-state index in [9.17, 15) is 4.79 Å². The molecule has 2 N–H and O–H groups in total. The van der Waals surface area contributed by atoms with Gasteiger partial charge >= 0.3 is 5.97 Å². The minimum Gasteiger partial charge on any atom is -0.478 e.